The fourth-order valence-electron chi connectivity index (χ4n) is 2.28. The fraction of sp³-hybridized carbons (Fsp3) is 0.538. The van der Waals surface area contributed by atoms with Crippen LogP contribution >= 0.6 is 0 Å². The summed E-state index contributed by atoms with van der Waals surface area (Å²) in [6.45, 7) is 2.10. The number of benzene rings is 1. The monoisotopic (exact) mass is 220 g/mol. The van der Waals surface area contributed by atoms with Crippen molar-refractivity contribution < 1.29 is 4.74 Å². The SMILES string of the molecule is COc1ccc2c(c1)CCN[C@H]2CN(C)C. The van der Waals surface area contributed by atoms with Crippen molar-refractivity contribution in [2.45, 2.75) is 12.5 Å². The van der Waals surface area contributed by atoms with E-state index >= 15 is 0 Å². The van der Waals surface area contributed by atoms with Gasteiger partial charge in [0.15, 0.2) is 0 Å². The molecule has 0 spiro atoms. The number of methoxy groups -OCH3 is 1. The van der Waals surface area contributed by atoms with Gasteiger partial charge in [-0.1, -0.05) is 6.07 Å². The molecule has 0 saturated carbocycles. The highest BCUT2D eigenvalue weighted by Gasteiger charge is 2.20. The molecular formula is C13H20N2O. The van der Waals surface area contributed by atoms with Crippen LogP contribution in [0.5, 0.6) is 5.75 Å². The second-order valence-corrected chi connectivity index (χ2v) is 4.58. The van der Waals surface area contributed by atoms with Gasteiger partial charge in [-0.3, -0.25) is 0 Å². The van der Waals surface area contributed by atoms with Crippen LogP contribution in [0.15, 0.2) is 18.2 Å². The Morgan fingerprint density at radius 3 is 2.94 bits per heavy atom. The Balaban J connectivity index is 2.25. The van der Waals surface area contributed by atoms with Crippen molar-refractivity contribution in [1.29, 1.82) is 0 Å². The third-order valence-corrected chi connectivity index (χ3v) is 3.06. The Bertz CT molecular complexity index is 363. The lowest BCUT2D eigenvalue weighted by molar-refractivity contribution is 0.333. The van der Waals surface area contributed by atoms with Gasteiger partial charge in [0.2, 0.25) is 0 Å². The van der Waals surface area contributed by atoms with Crippen LogP contribution in [0.3, 0.4) is 0 Å². The number of hydrogen-bond donors (Lipinski definition) is 1. The van der Waals surface area contributed by atoms with Crippen LogP contribution in [0.2, 0.25) is 0 Å². The maximum atomic E-state index is 5.27. The Hall–Kier alpha value is -1.06. The van der Waals surface area contributed by atoms with Crippen molar-refractivity contribution in [2.24, 2.45) is 0 Å². The van der Waals surface area contributed by atoms with Crippen molar-refractivity contribution >= 4 is 0 Å². The standard InChI is InChI=1S/C13H20N2O/c1-15(2)9-13-12-5-4-11(16-3)8-10(12)6-7-14-13/h4-5,8,13-14H,6-7,9H2,1-3H3/t13-/m0/s1. The van der Waals surface area contributed by atoms with Gasteiger partial charge in [0, 0.05) is 12.6 Å². The second-order valence-electron chi connectivity index (χ2n) is 4.58. The van der Waals surface area contributed by atoms with Crippen molar-refractivity contribution in [3.8, 4) is 5.75 Å². The third-order valence-electron chi connectivity index (χ3n) is 3.06. The molecule has 0 amide bonds. The Morgan fingerprint density at radius 1 is 1.44 bits per heavy atom. The lowest BCUT2D eigenvalue weighted by atomic mass is 9.94. The number of likely N-dealkylation sites (N-methyl/N-ethyl adjacent to an activating group) is 1. The molecule has 1 aromatic carbocycles. The molecule has 2 rings (SSSR count). The van der Waals surface area contributed by atoms with Crippen LogP contribution < -0.4 is 10.1 Å². The highest BCUT2D eigenvalue weighted by molar-refractivity contribution is 5.39. The maximum absolute atomic E-state index is 5.27. The minimum atomic E-state index is 0.449. The number of nitrogens with zero attached hydrogens (tertiary/aromatic N) is 1. The van der Waals surface area contributed by atoms with Crippen molar-refractivity contribution in [3.63, 3.8) is 0 Å². The minimum absolute atomic E-state index is 0.449. The zero-order chi connectivity index (χ0) is 11.5. The predicted octanol–water partition coefficient (Wildman–Crippen LogP) is 1.44. The summed E-state index contributed by atoms with van der Waals surface area (Å²) in [5.74, 6) is 0.962. The molecule has 0 aliphatic carbocycles. The number of hydrogen-bond acceptors (Lipinski definition) is 3. The molecule has 16 heavy (non-hydrogen) atoms. The lowest BCUT2D eigenvalue weighted by Gasteiger charge is -2.29. The summed E-state index contributed by atoms with van der Waals surface area (Å²) in [6.07, 6.45) is 1.09. The largest absolute Gasteiger partial charge is 0.497 e. The summed E-state index contributed by atoms with van der Waals surface area (Å²) in [6, 6.07) is 6.85. The average molecular weight is 220 g/mol. The average Bonchev–Trinajstić information content (AvgIpc) is 2.28. The summed E-state index contributed by atoms with van der Waals surface area (Å²) in [4.78, 5) is 2.22. The van der Waals surface area contributed by atoms with Gasteiger partial charge in [0.1, 0.15) is 5.75 Å². The highest BCUT2D eigenvalue weighted by Crippen LogP contribution is 2.26. The fourth-order valence-corrected chi connectivity index (χ4v) is 2.28. The molecule has 1 aliphatic rings. The van der Waals surface area contributed by atoms with E-state index in [2.05, 4.69) is 42.5 Å². The molecule has 3 heteroatoms. The van der Waals surface area contributed by atoms with Crippen molar-refractivity contribution in [2.75, 3.05) is 34.3 Å². The molecular weight excluding hydrogens is 200 g/mol. The molecule has 0 saturated heterocycles. The summed E-state index contributed by atoms with van der Waals surface area (Å²) in [7, 11) is 5.94. The molecule has 1 atom stereocenters. The molecule has 1 aliphatic heterocycles. The predicted molar refractivity (Wildman–Crippen MR) is 66.0 cm³/mol. The molecule has 1 heterocycles. The Morgan fingerprint density at radius 2 is 2.25 bits per heavy atom. The number of fused-ring (bicyclic) bond motifs is 1. The first-order valence-corrected chi connectivity index (χ1v) is 5.75. The summed E-state index contributed by atoms with van der Waals surface area (Å²) in [5, 5.41) is 3.56. The van der Waals surface area contributed by atoms with E-state index in [9.17, 15) is 0 Å². The Labute approximate surface area is 97.4 Å². The van der Waals surface area contributed by atoms with E-state index in [4.69, 9.17) is 4.74 Å². The Kier molecular flexibility index (Phi) is 3.46. The smallest absolute Gasteiger partial charge is 0.119 e. The molecule has 0 bridgehead atoms. The molecule has 0 radical (unpaired) electrons. The zero-order valence-corrected chi connectivity index (χ0v) is 10.3. The van der Waals surface area contributed by atoms with E-state index in [0.29, 0.717) is 6.04 Å². The van der Waals surface area contributed by atoms with Gasteiger partial charge in [0.05, 0.1) is 7.11 Å². The van der Waals surface area contributed by atoms with Crippen LogP contribution in [-0.2, 0) is 6.42 Å². The van der Waals surface area contributed by atoms with Crippen molar-refractivity contribution in [3.05, 3.63) is 29.3 Å². The van der Waals surface area contributed by atoms with Gasteiger partial charge in [-0.15, -0.1) is 0 Å². The van der Waals surface area contributed by atoms with Gasteiger partial charge in [-0.25, -0.2) is 0 Å². The van der Waals surface area contributed by atoms with E-state index in [0.717, 1.165) is 25.3 Å². The first kappa shape index (κ1) is 11.4. The van der Waals surface area contributed by atoms with Crippen LogP contribution in [0.25, 0.3) is 0 Å². The van der Waals surface area contributed by atoms with E-state index in [1.807, 2.05) is 0 Å². The van der Waals surface area contributed by atoms with Crippen LogP contribution in [0.1, 0.15) is 17.2 Å². The van der Waals surface area contributed by atoms with Crippen molar-refractivity contribution in [1.82, 2.24) is 10.2 Å². The van der Waals surface area contributed by atoms with E-state index < -0.39 is 0 Å². The summed E-state index contributed by atoms with van der Waals surface area (Å²) in [5.41, 5.74) is 2.84. The number of ether oxygens (including phenoxy) is 1. The topological polar surface area (TPSA) is 24.5 Å². The molecule has 1 N–H and O–H groups in total. The third kappa shape index (κ3) is 2.36. The van der Waals surface area contributed by atoms with Crippen LogP contribution in [0, 0.1) is 0 Å². The highest BCUT2D eigenvalue weighted by atomic mass is 16.5. The van der Waals surface area contributed by atoms with Gasteiger partial charge in [-0.05, 0) is 50.3 Å². The number of rotatable bonds is 3. The quantitative estimate of drug-likeness (QED) is 0.834. The molecule has 0 aromatic heterocycles. The lowest BCUT2D eigenvalue weighted by Crippen LogP contribution is -2.36. The van der Waals surface area contributed by atoms with Gasteiger partial charge >= 0.3 is 0 Å². The van der Waals surface area contributed by atoms with E-state index in [1.165, 1.54) is 11.1 Å². The van der Waals surface area contributed by atoms with E-state index in [1.54, 1.807) is 7.11 Å². The molecule has 1 aromatic rings. The molecule has 0 unspecified atom stereocenters. The second kappa shape index (κ2) is 4.85. The molecule has 0 fully saturated rings. The van der Waals surface area contributed by atoms with Crippen LogP contribution in [-0.4, -0.2) is 39.2 Å². The normalized spacial score (nSPS) is 19.6. The van der Waals surface area contributed by atoms with Crippen LogP contribution in [0.4, 0.5) is 0 Å². The molecule has 3 nitrogen and oxygen atoms in total. The van der Waals surface area contributed by atoms with E-state index in [-0.39, 0.29) is 0 Å². The minimum Gasteiger partial charge on any atom is -0.497 e. The number of nitrogens with one attached hydrogen (secondary N) is 1. The molecule has 88 valence electrons. The van der Waals surface area contributed by atoms with Gasteiger partial charge in [0.25, 0.3) is 0 Å². The van der Waals surface area contributed by atoms with Gasteiger partial charge in [-0.2, -0.15) is 0 Å². The first-order valence-electron chi connectivity index (χ1n) is 5.75. The zero-order valence-electron chi connectivity index (χ0n) is 10.3. The summed E-state index contributed by atoms with van der Waals surface area (Å²) >= 11 is 0. The maximum Gasteiger partial charge on any atom is 0.119 e. The summed E-state index contributed by atoms with van der Waals surface area (Å²) < 4.78 is 5.27. The van der Waals surface area contributed by atoms with Gasteiger partial charge < -0.3 is 15.0 Å². The first-order chi connectivity index (χ1) is 7.70.